The lowest BCUT2D eigenvalue weighted by molar-refractivity contribution is 0.101. The topological polar surface area (TPSA) is 58.4 Å². The number of halogens is 1. The van der Waals surface area contributed by atoms with E-state index in [4.69, 9.17) is 11.6 Å². The van der Waals surface area contributed by atoms with Gasteiger partial charge >= 0.3 is 6.03 Å². The van der Waals surface area contributed by atoms with Crippen LogP contribution < -0.4 is 0 Å². The van der Waals surface area contributed by atoms with Crippen molar-refractivity contribution in [3.63, 3.8) is 0 Å². The molecule has 0 N–H and O–H groups in total. The molecular weight excluding hydrogens is 388 g/mol. The van der Waals surface area contributed by atoms with Crippen molar-refractivity contribution in [2.24, 2.45) is 5.41 Å². The van der Waals surface area contributed by atoms with Crippen LogP contribution in [0.5, 0.6) is 0 Å². The molecule has 1 aromatic carbocycles. The Morgan fingerprint density at radius 3 is 2.52 bits per heavy atom. The number of rotatable bonds is 3. The molecule has 7 heteroatoms. The Morgan fingerprint density at radius 1 is 1.14 bits per heavy atom. The molecular formula is C22H27ClN4O2. The summed E-state index contributed by atoms with van der Waals surface area (Å²) >= 11 is 6.21. The number of nitrogens with zero attached hydrogens (tertiary/aromatic N) is 4. The van der Waals surface area contributed by atoms with Crippen LogP contribution in [0.2, 0.25) is 5.02 Å². The minimum absolute atomic E-state index is 0.130. The highest BCUT2D eigenvalue weighted by molar-refractivity contribution is 6.30. The Labute approximate surface area is 176 Å². The third-order valence-corrected chi connectivity index (χ3v) is 6.48. The van der Waals surface area contributed by atoms with E-state index < -0.39 is 0 Å². The number of piperidine rings is 1. The third kappa shape index (κ3) is 4.38. The van der Waals surface area contributed by atoms with Crippen LogP contribution >= 0.6 is 11.6 Å². The van der Waals surface area contributed by atoms with Gasteiger partial charge in [0.2, 0.25) is 0 Å². The smallest absolute Gasteiger partial charge is 0.323 e. The van der Waals surface area contributed by atoms with Gasteiger partial charge in [-0.25, -0.2) is 4.79 Å². The van der Waals surface area contributed by atoms with E-state index in [0.29, 0.717) is 11.1 Å². The molecule has 2 saturated heterocycles. The predicted molar refractivity (Wildman–Crippen MR) is 112 cm³/mol. The molecule has 1 aromatic heterocycles. The molecule has 4 rings (SSSR count). The Balaban J connectivity index is 1.34. The van der Waals surface area contributed by atoms with E-state index in [2.05, 4.69) is 29.1 Å². The normalized spacial score (nSPS) is 19.1. The largest absolute Gasteiger partial charge is 0.344 e. The molecule has 2 aliphatic rings. The molecule has 0 saturated carbocycles. The van der Waals surface area contributed by atoms with Gasteiger partial charge in [-0.1, -0.05) is 17.7 Å². The highest BCUT2D eigenvalue weighted by atomic mass is 35.5. The standard InChI is InChI=1S/C22H27ClN4O2/c1-16-11-18(13-19(23)12-16)14-25-8-4-22(15-25)5-9-26(10-6-22)21(29)27-7-3-20(24-27)17(2)28/h3,7,11-13H,4-6,8-10,14-15H2,1-2H3. The van der Waals surface area contributed by atoms with Crippen LogP contribution in [-0.2, 0) is 6.54 Å². The van der Waals surface area contributed by atoms with E-state index in [1.165, 1.54) is 29.2 Å². The lowest BCUT2D eigenvalue weighted by atomic mass is 9.78. The maximum atomic E-state index is 12.7. The Kier molecular flexibility index (Phi) is 5.49. The summed E-state index contributed by atoms with van der Waals surface area (Å²) in [4.78, 5) is 28.5. The fourth-order valence-electron chi connectivity index (χ4n) is 4.67. The van der Waals surface area contributed by atoms with Crippen molar-refractivity contribution in [3.05, 3.63) is 52.3 Å². The molecule has 2 aliphatic heterocycles. The second kappa shape index (κ2) is 7.92. The zero-order valence-electron chi connectivity index (χ0n) is 17.0. The van der Waals surface area contributed by atoms with Crippen LogP contribution in [0.3, 0.4) is 0 Å². The molecule has 0 radical (unpaired) electrons. The summed E-state index contributed by atoms with van der Waals surface area (Å²) in [7, 11) is 0. The first-order valence-electron chi connectivity index (χ1n) is 10.2. The first-order chi connectivity index (χ1) is 13.8. The van der Waals surface area contributed by atoms with Gasteiger partial charge in [0.1, 0.15) is 5.69 Å². The zero-order chi connectivity index (χ0) is 20.6. The van der Waals surface area contributed by atoms with Crippen molar-refractivity contribution >= 4 is 23.4 Å². The molecule has 1 spiro atoms. The van der Waals surface area contributed by atoms with Gasteiger partial charge < -0.3 is 4.90 Å². The van der Waals surface area contributed by atoms with E-state index in [-0.39, 0.29) is 11.8 Å². The van der Waals surface area contributed by atoms with Gasteiger partial charge in [-0.05, 0) is 67.5 Å². The summed E-state index contributed by atoms with van der Waals surface area (Å²) in [5, 5.41) is 4.90. The predicted octanol–water partition coefficient (Wildman–Crippen LogP) is 4.00. The summed E-state index contributed by atoms with van der Waals surface area (Å²) in [6.07, 6.45) is 4.76. The number of amides is 1. The highest BCUT2D eigenvalue weighted by Gasteiger charge is 2.41. The summed E-state index contributed by atoms with van der Waals surface area (Å²) in [5.74, 6) is -0.130. The van der Waals surface area contributed by atoms with E-state index >= 15 is 0 Å². The molecule has 0 atom stereocenters. The van der Waals surface area contributed by atoms with Gasteiger partial charge in [0.15, 0.2) is 5.78 Å². The number of aromatic nitrogens is 2. The van der Waals surface area contributed by atoms with Gasteiger partial charge in [-0.15, -0.1) is 0 Å². The van der Waals surface area contributed by atoms with Gasteiger partial charge in [-0.2, -0.15) is 9.78 Å². The second-order valence-electron chi connectivity index (χ2n) is 8.57. The second-order valence-corrected chi connectivity index (χ2v) is 9.01. The molecule has 1 amide bonds. The van der Waals surface area contributed by atoms with Gasteiger partial charge in [-0.3, -0.25) is 9.69 Å². The fourth-order valence-corrected chi connectivity index (χ4v) is 4.98. The number of carbonyl (C=O) groups excluding carboxylic acids is 2. The molecule has 2 fully saturated rings. The average Bonchev–Trinajstić information content (AvgIpc) is 3.29. The van der Waals surface area contributed by atoms with Crippen molar-refractivity contribution in [1.29, 1.82) is 0 Å². The summed E-state index contributed by atoms with van der Waals surface area (Å²) < 4.78 is 1.29. The number of hydrogen-bond acceptors (Lipinski definition) is 4. The number of hydrogen-bond donors (Lipinski definition) is 0. The first kappa shape index (κ1) is 20.1. The Bertz CT molecular complexity index is 910. The molecule has 0 aliphatic carbocycles. The lowest BCUT2D eigenvalue weighted by Gasteiger charge is -2.39. The summed E-state index contributed by atoms with van der Waals surface area (Å²) in [6, 6.07) is 7.70. The van der Waals surface area contributed by atoms with Crippen molar-refractivity contribution in [2.75, 3.05) is 26.2 Å². The highest BCUT2D eigenvalue weighted by Crippen LogP contribution is 2.41. The molecule has 2 aromatic rings. The van der Waals surface area contributed by atoms with Crippen molar-refractivity contribution < 1.29 is 9.59 Å². The maximum absolute atomic E-state index is 12.7. The van der Waals surface area contributed by atoms with Crippen molar-refractivity contribution in [1.82, 2.24) is 19.6 Å². The van der Waals surface area contributed by atoms with Crippen LogP contribution in [0.4, 0.5) is 4.79 Å². The molecule has 6 nitrogen and oxygen atoms in total. The lowest BCUT2D eigenvalue weighted by Crippen LogP contribution is -2.45. The van der Waals surface area contributed by atoms with E-state index in [1.807, 2.05) is 11.0 Å². The quantitative estimate of drug-likeness (QED) is 0.712. The van der Waals surface area contributed by atoms with Crippen molar-refractivity contribution in [3.8, 4) is 0 Å². The SMILES string of the molecule is CC(=O)c1ccn(C(=O)N2CCC3(CCN(Cc4cc(C)cc(Cl)c4)C3)CC2)n1. The average molecular weight is 415 g/mol. The summed E-state index contributed by atoms with van der Waals surface area (Å²) in [6.45, 7) is 8.08. The minimum atomic E-state index is -0.142. The zero-order valence-corrected chi connectivity index (χ0v) is 17.8. The number of likely N-dealkylation sites (tertiary alicyclic amines) is 2. The molecule has 3 heterocycles. The van der Waals surface area contributed by atoms with E-state index in [9.17, 15) is 9.59 Å². The van der Waals surface area contributed by atoms with Crippen LogP contribution in [0, 0.1) is 12.3 Å². The first-order valence-corrected chi connectivity index (χ1v) is 10.6. The van der Waals surface area contributed by atoms with Crippen molar-refractivity contribution in [2.45, 2.75) is 39.7 Å². The number of benzene rings is 1. The molecule has 0 bridgehead atoms. The number of aryl methyl sites for hydroxylation is 1. The third-order valence-electron chi connectivity index (χ3n) is 6.27. The van der Waals surface area contributed by atoms with Crippen LogP contribution in [-0.4, -0.2) is 57.6 Å². The molecule has 29 heavy (non-hydrogen) atoms. The Hall–Kier alpha value is -2.18. The van der Waals surface area contributed by atoms with Crippen LogP contribution in [0.15, 0.2) is 30.5 Å². The fraction of sp³-hybridized carbons (Fsp3) is 0.500. The minimum Gasteiger partial charge on any atom is -0.323 e. The molecule has 0 unspecified atom stereocenters. The summed E-state index contributed by atoms with van der Waals surface area (Å²) in [5.41, 5.74) is 3.08. The van der Waals surface area contributed by atoms with E-state index in [0.717, 1.165) is 50.6 Å². The Morgan fingerprint density at radius 2 is 1.86 bits per heavy atom. The van der Waals surface area contributed by atoms with Crippen LogP contribution in [0.1, 0.15) is 47.8 Å². The molecule has 154 valence electrons. The van der Waals surface area contributed by atoms with Gasteiger partial charge in [0.25, 0.3) is 0 Å². The number of Topliss-reactive ketones (excluding diaryl/α,β-unsaturated/α-hetero) is 1. The van der Waals surface area contributed by atoms with E-state index in [1.54, 1.807) is 12.3 Å². The number of ketones is 1. The monoisotopic (exact) mass is 414 g/mol. The van der Waals surface area contributed by atoms with Gasteiger partial charge in [0, 0.05) is 44.3 Å². The maximum Gasteiger partial charge on any atom is 0.344 e. The number of carbonyl (C=O) groups is 2. The van der Waals surface area contributed by atoms with Crippen LogP contribution in [0.25, 0.3) is 0 Å². The van der Waals surface area contributed by atoms with Gasteiger partial charge in [0.05, 0.1) is 0 Å².